The first kappa shape index (κ1) is 11.6. The molecule has 0 saturated heterocycles. The maximum Gasteiger partial charge on any atom is 0.307 e. The van der Waals surface area contributed by atoms with Gasteiger partial charge in [0, 0.05) is 16.3 Å². The summed E-state index contributed by atoms with van der Waals surface area (Å²) in [6.45, 7) is 0. The SMILES string of the molecule is O=C(O)C1CCCC1c1cc2cc(Cl)ccc2o1. The third kappa shape index (κ3) is 1.89. The van der Waals surface area contributed by atoms with Crippen LogP contribution in [0.3, 0.4) is 0 Å². The Morgan fingerprint density at radius 1 is 1.33 bits per heavy atom. The molecule has 1 N–H and O–H groups in total. The smallest absolute Gasteiger partial charge is 0.307 e. The van der Waals surface area contributed by atoms with Crippen LogP contribution in [-0.4, -0.2) is 11.1 Å². The molecule has 18 heavy (non-hydrogen) atoms. The standard InChI is InChI=1S/C14H13ClO3/c15-9-4-5-12-8(6-9)7-13(18-12)10-2-1-3-11(10)14(16)17/h4-7,10-11H,1-3H2,(H,16,17). The quantitative estimate of drug-likeness (QED) is 0.890. The number of carboxylic acid groups (broad SMARTS) is 1. The highest BCUT2D eigenvalue weighted by molar-refractivity contribution is 6.31. The number of carboxylic acids is 1. The minimum Gasteiger partial charge on any atom is -0.481 e. The molecule has 3 rings (SSSR count). The first-order chi connectivity index (χ1) is 8.65. The molecule has 4 heteroatoms. The summed E-state index contributed by atoms with van der Waals surface area (Å²) in [7, 11) is 0. The summed E-state index contributed by atoms with van der Waals surface area (Å²) in [5.74, 6) is -0.275. The Bertz CT molecular complexity index is 602. The normalized spacial score (nSPS) is 23.6. The van der Waals surface area contributed by atoms with Gasteiger partial charge >= 0.3 is 5.97 Å². The molecule has 1 aliphatic rings. The minimum absolute atomic E-state index is 0.00586. The van der Waals surface area contributed by atoms with E-state index in [0.717, 1.165) is 36.0 Å². The van der Waals surface area contributed by atoms with Crippen molar-refractivity contribution in [1.29, 1.82) is 0 Å². The van der Waals surface area contributed by atoms with Gasteiger partial charge in [-0.2, -0.15) is 0 Å². The molecule has 2 unspecified atom stereocenters. The fourth-order valence-electron chi connectivity index (χ4n) is 2.81. The fraction of sp³-hybridized carbons (Fsp3) is 0.357. The van der Waals surface area contributed by atoms with Gasteiger partial charge in [0.05, 0.1) is 5.92 Å². The first-order valence-electron chi connectivity index (χ1n) is 6.07. The van der Waals surface area contributed by atoms with Gasteiger partial charge < -0.3 is 9.52 Å². The van der Waals surface area contributed by atoms with Gasteiger partial charge in [-0.3, -0.25) is 4.79 Å². The van der Waals surface area contributed by atoms with Crippen LogP contribution in [0.2, 0.25) is 5.02 Å². The number of hydrogen-bond donors (Lipinski definition) is 1. The predicted octanol–water partition coefficient (Wildman–Crippen LogP) is 4.05. The van der Waals surface area contributed by atoms with Crippen molar-refractivity contribution in [3.63, 3.8) is 0 Å². The number of fused-ring (bicyclic) bond motifs is 1. The van der Waals surface area contributed by atoms with E-state index in [1.807, 2.05) is 18.2 Å². The van der Waals surface area contributed by atoms with E-state index >= 15 is 0 Å². The van der Waals surface area contributed by atoms with E-state index in [2.05, 4.69) is 0 Å². The van der Waals surface area contributed by atoms with E-state index in [9.17, 15) is 9.90 Å². The van der Waals surface area contributed by atoms with Gasteiger partial charge in [-0.25, -0.2) is 0 Å². The van der Waals surface area contributed by atoms with Crippen LogP contribution in [0.4, 0.5) is 0 Å². The lowest BCUT2D eigenvalue weighted by molar-refractivity contribution is -0.142. The first-order valence-corrected chi connectivity index (χ1v) is 6.45. The molecule has 1 aromatic heterocycles. The third-order valence-corrected chi connectivity index (χ3v) is 3.93. The second-order valence-electron chi connectivity index (χ2n) is 4.81. The second-order valence-corrected chi connectivity index (χ2v) is 5.25. The maximum atomic E-state index is 11.2. The van der Waals surface area contributed by atoms with E-state index in [0.29, 0.717) is 5.02 Å². The largest absolute Gasteiger partial charge is 0.481 e. The van der Waals surface area contributed by atoms with E-state index in [1.54, 1.807) is 6.07 Å². The lowest BCUT2D eigenvalue weighted by atomic mass is 9.94. The lowest BCUT2D eigenvalue weighted by Crippen LogP contribution is -2.16. The molecule has 2 aromatic rings. The van der Waals surface area contributed by atoms with Crippen molar-refractivity contribution in [2.75, 3.05) is 0 Å². The van der Waals surface area contributed by atoms with Gasteiger partial charge in [0.2, 0.25) is 0 Å². The van der Waals surface area contributed by atoms with Crippen LogP contribution >= 0.6 is 11.6 Å². The van der Waals surface area contributed by atoms with Crippen molar-refractivity contribution < 1.29 is 14.3 Å². The fourth-order valence-corrected chi connectivity index (χ4v) is 2.99. The van der Waals surface area contributed by atoms with Crippen molar-refractivity contribution in [3.05, 3.63) is 35.0 Å². The topological polar surface area (TPSA) is 50.4 Å². The van der Waals surface area contributed by atoms with Crippen molar-refractivity contribution in [1.82, 2.24) is 0 Å². The van der Waals surface area contributed by atoms with E-state index in [-0.39, 0.29) is 11.8 Å². The molecule has 94 valence electrons. The molecule has 3 nitrogen and oxygen atoms in total. The van der Waals surface area contributed by atoms with E-state index < -0.39 is 5.97 Å². The van der Waals surface area contributed by atoms with Gasteiger partial charge in [0.25, 0.3) is 0 Å². The molecule has 1 heterocycles. The van der Waals surface area contributed by atoms with Crippen molar-refractivity contribution in [3.8, 4) is 0 Å². The Morgan fingerprint density at radius 3 is 2.94 bits per heavy atom. The number of benzene rings is 1. The summed E-state index contributed by atoms with van der Waals surface area (Å²) < 4.78 is 5.77. The number of furan rings is 1. The van der Waals surface area contributed by atoms with Gasteiger partial charge in [0.1, 0.15) is 11.3 Å². The van der Waals surface area contributed by atoms with Crippen molar-refractivity contribution in [2.24, 2.45) is 5.92 Å². The van der Waals surface area contributed by atoms with Gasteiger partial charge in [-0.05, 0) is 37.1 Å². The Kier molecular flexibility index (Phi) is 2.78. The van der Waals surface area contributed by atoms with Gasteiger partial charge in [-0.1, -0.05) is 18.0 Å². The number of halogens is 1. The predicted molar refractivity (Wildman–Crippen MR) is 68.9 cm³/mol. The average molecular weight is 265 g/mol. The minimum atomic E-state index is -0.726. The molecule has 1 aromatic carbocycles. The van der Waals surface area contributed by atoms with Crippen LogP contribution in [0, 0.1) is 5.92 Å². The zero-order valence-corrected chi connectivity index (χ0v) is 10.5. The molecule has 1 saturated carbocycles. The molecular weight excluding hydrogens is 252 g/mol. The average Bonchev–Trinajstić information content (AvgIpc) is 2.93. The highest BCUT2D eigenvalue weighted by Crippen LogP contribution is 2.41. The molecule has 0 spiro atoms. The van der Waals surface area contributed by atoms with Crippen LogP contribution in [-0.2, 0) is 4.79 Å². The van der Waals surface area contributed by atoms with E-state index in [1.165, 1.54) is 0 Å². The van der Waals surface area contributed by atoms with Crippen LogP contribution < -0.4 is 0 Å². The number of aliphatic carboxylic acids is 1. The Labute approximate surface area is 109 Å². The Morgan fingerprint density at radius 2 is 2.17 bits per heavy atom. The molecule has 0 aliphatic heterocycles. The molecular formula is C14H13ClO3. The van der Waals surface area contributed by atoms with Crippen LogP contribution in [0.1, 0.15) is 30.9 Å². The van der Waals surface area contributed by atoms with Gasteiger partial charge in [0.15, 0.2) is 0 Å². The lowest BCUT2D eigenvalue weighted by Gasteiger charge is -2.12. The van der Waals surface area contributed by atoms with Crippen LogP contribution in [0.25, 0.3) is 11.0 Å². The van der Waals surface area contributed by atoms with Crippen LogP contribution in [0.5, 0.6) is 0 Å². The maximum absolute atomic E-state index is 11.2. The van der Waals surface area contributed by atoms with Gasteiger partial charge in [-0.15, -0.1) is 0 Å². The molecule has 0 amide bonds. The number of carbonyl (C=O) groups is 1. The molecule has 0 bridgehead atoms. The summed E-state index contributed by atoms with van der Waals surface area (Å²) in [6, 6.07) is 7.37. The summed E-state index contributed by atoms with van der Waals surface area (Å²) in [5, 5.41) is 10.8. The molecule has 2 atom stereocenters. The highest BCUT2D eigenvalue weighted by atomic mass is 35.5. The molecule has 0 radical (unpaired) electrons. The zero-order valence-electron chi connectivity index (χ0n) is 9.73. The highest BCUT2D eigenvalue weighted by Gasteiger charge is 2.36. The molecule has 1 aliphatic carbocycles. The van der Waals surface area contributed by atoms with Crippen molar-refractivity contribution in [2.45, 2.75) is 25.2 Å². The summed E-state index contributed by atoms with van der Waals surface area (Å²) in [6.07, 6.45) is 2.56. The monoisotopic (exact) mass is 264 g/mol. The Hall–Kier alpha value is -1.48. The third-order valence-electron chi connectivity index (χ3n) is 3.70. The summed E-state index contributed by atoms with van der Waals surface area (Å²) in [4.78, 5) is 11.2. The number of hydrogen-bond acceptors (Lipinski definition) is 2. The summed E-state index contributed by atoms with van der Waals surface area (Å²) >= 11 is 5.93. The van der Waals surface area contributed by atoms with Crippen molar-refractivity contribution >= 4 is 28.5 Å². The second kappa shape index (κ2) is 4.32. The zero-order chi connectivity index (χ0) is 12.7. The molecule has 1 fully saturated rings. The number of rotatable bonds is 2. The Balaban J connectivity index is 2.01. The summed E-state index contributed by atoms with van der Waals surface area (Å²) in [5.41, 5.74) is 0.769. The van der Waals surface area contributed by atoms with Crippen LogP contribution in [0.15, 0.2) is 28.7 Å². The van der Waals surface area contributed by atoms with E-state index in [4.69, 9.17) is 16.0 Å².